The van der Waals surface area contributed by atoms with Gasteiger partial charge >= 0.3 is 6.18 Å². The Morgan fingerprint density at radius 1 is 1.29 bits per heavy atom. The van der Waals surface area contributed by atoms with Crippen LogP contribution >= 0.6 is 27.5 Å². The number of aromatic nitrogens is 2. The number of halogens is 5. The lowest BCUT2D eigenvalue weighted by Gasteiger charge is -2.11. The van der Waals surface area contributed by atoms with Crippen LogP contribution in [0.3, 0.4) is 0 Å². The zero-order valence-electron chi connectivity index (χ0n) is 10.1. The summed E-state index contributed by atoms with van der Waals surface area (Å²) in [7, 11) is 0. The summed E-state index contributed by atoms with van der Waals surface area (Å²) in [5, 5.41) is 2.37. The van der Waals surface area contributed by atoms with Crippen LogP contribution in [0.25, 0.3) is 0 Å². The zero-order chi connectivity index (χ0) is 15.6. The Bertz CT molecular complexity index is 694. The fourth-order valence-corrected chi connectivity index (χ4v) is 2.09. The number of hydrogen-bond acceptors (Lipinski definition) is 3. The van der Waals surface area contributed by atoms with E-state index in [9.17, 15) is 18.0 Å². The van der Waals surface area contributed by atoms with Gasteiger partial charge in [0.05, 0.1) is 18.0 Å². The molecule has 0 fully saturated rings. The van der Waals surface area contributed by atoms with E-state index in [0.29, 0.717) is 0 Å². The van der Waals surface area contributed by atoms with E-state index in [4.69, 9.17) is 11.6 Å². The summed E-state index contributed by atoms with van der Waals surface area (Å²) < 4.78 is 38.2. The van der Waals surface area contributed by atoms with Crippen LogP contribution in [-0.2, 0) is 6.18 Å². The van der Waals surface area contributed by atoms with E-state index in [-0.39, 0.29) is 21.0 Å². The number of rotatable bonds is 2. The van der Waals surface area contributed by atoms with Gasteiger partial charge in [0.25, 0.3) is 5.91 Å². The second kappa shape index (κ2) is 5.98. The summed E-state index contributed by atoms with van der Waals surface area (Å²) >= 11 is 8.40. The Labute approximate surface area is 130 Å². The molecule has 1 heterocycles. The molecule has 0 bridgehead atoms. The van der Waals surface area contributed by atoms with Crippen LogP contribution in [0.15, 0.2) is 35.1 Å². The summed E-state index contributed by atoms with van der Waals surface area (Å²) in [6.45, 7) is 0. The van der Waals surface area contributed by atoms with Crippen molar-refractivity contribution in [3.8, 4) is 0 Å². The summed E-state index contributed by atoms with van der Waals surface area (Å²) in [5.41, 5.74) is -1.10. The van der Waals surface area contributed by atoms with Crippen LogP contribution in [0.1, 0.15) is 15.9 Å². The van der Waals surface area contributed by atoms with Crippen LogP contribution in [0, 0.1) is 0 Å². The van der Waals surface area contributed by atoms with Gasteiger partial charge < -0.3 is 5.32 Å². The molecule has 0 radical (unpaired) electrons. The Kier molecular flexibility index (Phi) is 4.48. The van der Waals surface area contributed by atoms with Crippen LogP contribution in [0.2, 0.25) is 5.15 Å². The molecule has 0 spiro atoms. The van der Waals surface area contributed by atoms with Crippen LogP contribution in [0.4, 0.5) is 19.0 Å². The Balaban J connectivity index is 2.28. The predicted octanol–water partition coefficient (Wildman–Crippen LogP) is 4.16. The monoisotopic (exact) mass is 379 g/mol. The molecule has 110 valence electrons. The predicted molar refractivity (Wildman–Crippen MR) is 74.1 cm³/mol. The molecule has 2 rings (SSSR count). The first-order valence-electron chi connectivity index (χ1n) is 5.43. The first-order valence-corrected chi connectivity index (χ1v) is 6.60. The molecular weight excluding hydrogens is 375 g/mol. The number of nitrogens with zero attached hydrogens (tertiary/aromatic N) is 2. The van der Waals surface area contributed by atoms with Crippen molar-refractivity contribution in [3.63, 3.8) is 0 Å². The lowest BCUT2D eigenvalue weighted by atomic mass is 10.1. The molecule has 0 aliphatic carbocycles. The van der Waals surface area contributed by atoms with Gasteiger partial charge in [-0.1, -0.05) is 27.5 Å². The second-order valence-corrected chi connectivity index (χ2v) is 5.12. The highest BCUT2D eigenvalue weighted by Gasteiger charge is 2.33. The fraction of sp³-hybridized carbons (Fsp3) is 0.0833. The van der Waals surface area contributed by atoms with Crippen molar-refractivity contribution in [1.29, 1.82) is 0 Å². The minimum absolute atomic E-state index is 0.0453. The maximum atomic E-state index is 12.8. The molecule has 0 aliphatic rings. The normalized spacial score (nSPS) is 11.3. The Hall–Kier alpha value is -1.67. The molecule has 2 aromatic rings. The van der Waals surface area contributed by atoms with Crippen molar-refractivity contribution in [2.45, 2.75) is 6.18 Å². The molecule has 1 amide bonds. The zero-order valence-corrected chi connectivity index (χ0v) is 12.4. The van der Waals surface area contributed by atoms with Gasteiger partial charge in [-0.3, -0.25) is 9.78 Å². The van der Waals surface area contributed by atoms with Crippen molar-refractivity contribution in [2.75, 3.05) is 5.32 Å². The van der Waals surface area contributed by atoms with E-state index in [0.717, 1.165) is 12.1 Å². The average Bonchev–Trinajstić information content (AvgIpc) is 2.37. The summed E-state index contributed by atoms with van der Waals surface area (Å²) in [4.78, 5) is 19.4. The molecule has 4 nitrogen and oxygen atoms in total. The summed E-state index contributed by atoms with van der Waals surface area (Å²) in [5.74, 6) is -0.700. The van der Waals surface area contributed by atoms with Crippen molar-refractivity contribution in [3.05, 3.63) is 51.3 Å². The standard InChI is InChI=1S/C12H6BrClF3N3O/c13-8-2-1-6(3-7(8)12(15,16)17)11(21)20-10-5-18-4-9(14)19-10/h1-5H,(H,19,20,21). The molecule has 1 aromatic carbocycles. The van der Waals surface area contributed by atoms with Gasteiger partial charge in [-0.25, -0.2) is 4.98 Å². The number of hydrogen-bond donors (Lipinski definition) is 1. The van der Waals surface area contributed by atoms with E-state index < -0.39 is 17.6 Å². The maximum Gasteiger partial charge on any atom is 0.417 e. The van der Waals surface area contributed by atoms with E-state index in [1.165, 1.54) is 18.5 Å². The van der Waals surface area contributed by atoms with Gasteiger partial charge in [0.1, 0.15) is 5.15 Å². The molecular formula is C12H6BrClF3N3O. The highest BCUT2D eigenvalue weighted by atomic mass is 79.9. The first-order chi connectivity index (χ1) is 9.77. The molecule has 0 aliphatic heterocycles. The molecule has 1 aromatic heterocycles. The Morgan fingerprint density at radius 3 is 2.62 bits per heavy atom. The quantitative estimate of drug-likeness (QED) is 0.851. The molecule has 1 N–H and O–H groups in total. The van der Waals surface area contributed by atoms with E-state index in [1.807, 2.05) is 0 Å². The van der Waals surface area contributed by atoms with Crippen molar-refractivity contribution in [2.24, 2.45) is 0 Å². The first kappa shape index (κ1) is 15.7. The molecule has 0 saturated carbocycles. The molecule has 9 heteroatoms. The van der Waals surface area contributed by atoms with Crippen LogP contribution < -0.4 is 5.32 Å². The lowest BCUT2D eigenvalue weighted by molar-refractivity contribution is -0.138. The second-order valence-electron chi connectivity index (χ2n) is 3.87. The van der Waals surface area contributed by atoms with E-state index in [1.54, 1.807) is 0 Å². The lowest BCUT2D eigenvalue weighted by Crippen LogP contribution is -2.15. The number of nitrogens with one attached hydrogen (secondary N) is 1. The van der Waals surface area contributed by atoms with Gasteiger partial charge in [0, 0.05) is 10.0 Å². The average molecular weight is 381 g/mol. The van der Waals surface area contributed by atoms with E-state index in [2.05, 4.69) is 31.2 Å². The fourth-order valence-electron chi connectivity index (χ4n) is 1.47. The van der Waals surface area contributed by atoms with Crippen molar-refractivity contribution >= 4 is 39.3 Å². The van der Waals surface area contributed by atoms with Crippen LogP contribution in [-0.4, -0.2) is 15.9 Å². The molecule has 0 unspecified atom stereocenters. The number of alkyl halides is 3. The van der Waals surface area contributed by atoms with Gasteiger partial charge in [-0.2, -0.15) is 13.2 Å². The maximum absolute atomic E-state index is 12.8. The largest absolute Gasteiger partial charge is 0.417 e. The van der Waals surface area contributed by atoms with E-state index >= 15 is 0 Å². The highest BCUT2D eigenvalue weighted by molar-refractivity contribution is 9.10. The summed E-state index contributed by atoms with van der Waals surface area (Å²) in [6, 6.07) is 3.16. The molecule has 0 saturated heterocycles. The number of carbonyl (C=O) groups is 1. The van der Waals surface area contributed by atoms with Gasteiger partial charge in [0.15, 0.2) is 5.82 Å². The third-order valence-corrected chi connectivity index (χ3v) is 3.25. The minimum Gasteiger partial charge on any atom is -0.305 e. The van der Waals surface area contributed by atoms with Gasteiger partial charge in [-0.05, 0) is 18.2 Å². The number of anilines is 1. The van der Waals surface area contributed by atoms with Crippen molar-refractivity contribution in [1.82, 2.24) is 9.97 Å². The summed E-state index contributed by atoms with van der Waals surface area (Å²) in [6.07, 6.45) is -2.07. The van der Waals surface area contributed by atoms with Gasteiger partial charge in [-0.15, -0.1) is 0 Å². The molecule has 0 atom stereocenters. The van der Waals surface area contributed by atoms with Crippen LogP contribution in [0.5, 0.6) is 0 Å². The third kappa shape index (κ3) is 3.92. The molecule has 21 heavy (non-hydrogen) atoms. The SMILES string of the molecule is O=C(Nc1cncc(Cl)n1)c1ccc(Br)c(C(F)(F)F)c1. The Morgan fingerprint density at radius 2 is 2.00 bits per heavy atom. The highest BCUT2D eigenvalue weighted by Crippen LogP contribution is 2.35. The number of benzene rings is 1. The number of amides is 1. The van der Waals surface area contributed by atoms with Crippen molar-refractivity contribution < 1.29 is 18.0 Å². The third-order valence-electron chi connectivity index (χ3n) is 2.38. The van der Waals surface area contributed by atoms with Gasteiger partial charge in [0.2, 0.25) is 0 Å². The minimum atomic E-state index is -4.56. The topological polar surface area (TPSA) is 54.9 Å². The number of carbonyl (C=O) groups excluding carboxylic acids is 1. The smallest absolute Gasteiger partial charge is 0.305 e.